The van der Waals surface area contributed by atoms with Crippen molar-refractivity contribution in [3.05, 3.63) is 0 Å². The number of amides is 1. The van der Waals surface area contributed by atoms with E-state index < -0.39 is 13.7 Å². The van der Waals surface area contributed by atoms with Crippen molar-refractivity contribution in [3.63, 3.8) is 0 Å². The van der Waals surface area contributed by atoms with Crippen molar-refractivity contribution in [1.82, 2.24) is 0 Å². The molecule has 0 saturated heterocycles. The predicted octanol–water partition coefficient (Wildman–Crippen LogP) is -0.832. The predicted molar refractivity (Wildman–Crippen MR) is 17.2 cm³/mol. The summed E-state index contributed by atoms with van der Waals surface area (Å²) >= 11 is 0. The van der Waals surface area contributed by atoms with Crippen molar-refractivity contribution in [2.24, 2.45) is 5.73 Å². The third kappa shape index (κ3) is 1.81. The van der Waals surface area contributed by atoms with Gasteiger partial charge in [0.1, 0.15) is 0 Å². The third-order valence-corrected chi connectivity index (χ3v) is 0.540. The molecule has 1 atom stereocenters. The minimum Gasteiger partial charge on any atom is -0.587 e. The number of primary amides is 1. The Labute approximate surface area is 34.8 Å². The van der Waals surface area contributed by atoms with Crippen LogP contribution in [0.15, 0.2) is 0 Å². The zero-order valence-electron chi connectivity index (χ0n) is 2.75. The fourth-order valence-corrected chi connectivity index (χ4v) is 0. The molecule has 4 nitrogen and oxygen atoms in total. The van der Waals surface area contributed by atoms with Crippen LogP contribution in [0.3, 0.4) is 0 Å². The Morgan fingerprint density at radius 3 is 2.00 bits per heavy atom. The Morgan fingerprint density at radius 1 is 1.83 bits per heavy atom. The van der Waals surface area contributed by atoms with E-state index in [1.807, 2.05) is 0 Å². The lowest BCUT2D eigenvalue weighted by Gasteiger charge is -1.70. The summed E-state index contributed by atoms with van der Waals surface area (Å²) in [6.45, 7) is 0. The number of carbonyl (C=O) groups excluding carboxylic acids is 1. The van der Waals surface area contributed by atoms with E-state index in [4.69, 9.17) is 0 Å². The third-order valence-electron chi connectivity index (χ3n) is 0.180. The highest BCUT2D eigenvalue weighted by molar-refractivity contribution is 7.56. The highest BCUT2D eigenvalue weighted by atomic mass is 31.1. The first-order chi connectivity index (χ1) is 2.64. The minimum absolute atomic E-state index is 1.29. The summed E-state index contributed by atoms with van der Waals surface area (Å²) in [6, 6.07) is 0. The van der Waals surface area contributed by atoms with Gasteiger partial charge in [0.15, 0.2) is 0 Å². The summed E-state index contributed by atoms with van der Waals surface area (Å²) in [5.41, 5.74) is 2.91. The summed E-state index contributed by atoms with van der Waals surface area (Å²) in [4.78, 5) is 18.6. The van der Waals surface area contributed by atoms with Gasteiger partial charge >= 0.3 is 13.7 Å². The van der Waals surface area contributed by atoms with Crippen LogP contribution in [-0.4, -0.2) is 5.65 Å². The zero-order valence-corrected chi connectivity index (χ0v) is 3.64. The van der Waals surface area contributed by atoms with Crippen molar-refractivity contribution in [3.8, 4) is 0 Å². The summed E-state index contributed by atoms with van der Waals surface area (Å²) < 4.78 is 9.26. The molecule has 34 valence electrons. The molecule has 0 spiro atoms. The number of carbonyl (C=O) groups is 1. The standard InChI is InChI=1S/CH2NO3P/c2-1(3)6(4)5/h(H2,2,3). The Balaban J connectivity index is 3.57. The molecular weight excluding hydrogens is 105 g/mol. The van der Waals surface area contributed by atoms with Gasteiger partial charge in [0, 0.05) is 0 Å². The van der Waals surface area contributed by atoms with E-state index in [1.54, 1.807) is 0 Å². The number of nitrogens with two attached hydrogens (primary N) is 1. The first-order valence-corrected chi connectivity index (χ1v) is 2.26. The molecule has 0 aromatic carbocycles. The van der Waals surface area contributed by atoms with Gasteiger partial charge in [-0.25, -0.2) is 4.79 Å². The maximum Gasteiger partial charge on any atom is 0.454 e. The van der Waals surface area contributed by atoms with Crippen LogP contribution < -0.4 is 10.6 Å². The van der Waals surface area contributed by atoms with Crippen molar-refractivity contribution >= 4 is 13.7 Å². The molecule has 0 aromatic rings. The second-order valence-electron chi connectivity index (χ2n) is 0.595. The Hall–Kier alpha value is -0.470. The van der Waals surface area contributed by atoms with Crippen LogP contribution in [0, 0.1) is 0 Å². The molecular formula is CH2NO3P. The lowest BCUT2D eigenvalue weighted by Crippen LogP contribution is -2.07. The fourth-order valence-electron chi connectivity index (χ4n) is 0. The van der Waals surface area contributed by atoms with Gasteiger partial charge in [-0.2, -0.15) is 0 Å². The normalized spacial score (nSPS) is 10.5. The quantitative estimate of drug-likeness (QED) is 0.443. The molecule has 5 heteroatoms. The first kappa shape index (κ1) is 5.53. The SMILES string of the molecule is NC(=O)[P+](=O)[O-]. The molecule has 1 unspecified atom stereocenters. The molecule has 6 heavy (non-hydrogen) atoms. The van der Waals surface area contributed by atoms with Crippen LogP contribution in [0.1, 0.15) is 0 Å². The molecule has 0 heterocycles. The maximum absolute atomic E-state index is 9.33. The Kier molecular flexibility index (Phi) is 1.70. The largest absolute Gasteiger partial charge is 0.587 e. The first-order valence-electron chi connectivity index (χ1n) is 1.08. The van der Waals surface area contributed by atoms with Crippen molar-refractivity contribution < 1.29 is 14.3 Å². The average Bonchev–Trinajstić information content (AvgIpc) is 1.36. The molecule has 0 fully saturated rings. The lowest BCUT2D eigenvalue weighted by atomic mass is 11.5. The van der Waals surface area contributed by atoms with Gasteiger partial charge in [0.05, 0.1) is 0 Å². The van der Waals surface area contributed by atoms with Crippen molar-refractivity contribution in [1.29, 1.82) is 0 Å². The minimum atomic E-state index is -3.02. The van der Waals surface area contributed by atoms with Gasteiger partial charge < -0.3 is 10.6 Å². The van der Waals surface area contributed by atoms with E-state index in [0.717, 1.165) is 0 Å². The molecule has 0 aliphatic heterocycles. The molecule has 0 aromatic heterocycles. The fraction of sp³-hybridized carbons (Fsp3) is 0. The smallest absolute Gasteiger partial charge is 0.454 e. The van der Waals surface area contributed by atoms with Gasteiger partial charge in [0.2, 0.25) is 0 Å². The van der Waals surface area contributed by atoms with Gasteiger partial charge in [-0.3, -0.25) is 0 Å². The van der Waals surface area contributed by atoms with Crippen LogP contribution in [0.5, 0.6) is 0 Å². The van der Waals surface area contributed by atoms with E-state index in [9.17, 15) is 14.3 Å². The average molecular weight is 107 g/mol. The zero-order chi connectivity index (χ0) is 5.15. The highest BCUT2D eigenvalue weighted by Crippen LogP contribution is 2.02. The number of hydrogen-bond donors (Lipinski definition) is 1. The highest BCUT2D eigenvalue weighted by Gasteiger charge is 2.06. The molecule has 0 aliphatic carbocycles. The summed E-state index contributed by atoms with van der Waals surface area (Å²) in [6.07, 6.45) is 0. The second kappa shape index (κ2) is 1.85. The lowest BCUT2D eigenvalue weighted by molar-refractivity contribution is -0.160. The van der Waals surface area contributed by atoms with Crippen LogP contribution in [0.2, 0.25) is 0 Å². The molecule has 0 aliphatic rings. The van der Waals surface area contributed by atoms with E-state index in [-0.39, 0.29) is 0 Å². The summed E-state index contributed by atoms with van der Waals surface area (Å²) in [5, 5.41) is 0. The van der Waals surface area contributed by atoms with Crippen molar-refractivity contribution in [2.75, 3.05) is 0 Å². The number of rotatable bonds is 1. The molecule has 2 N–H and O–H groups in total. The maximum atomic E-state index is 9.33. The summed E-state index contributed by atoms with van der Waals surface area (Å²) in [7, 11) is -3.02. The van der Waals surface area contributed by atoms with Gasteiger partial charge in [0.25, 0.3) is 0 Å². The van der Waals surface area contributed by atoms with E-state index in [1.165, 1.54) is 0 Å². The van der Waals surface area contributed by atoms with Gasteiger partial charge in [-0.1, -0.05) is 4.57 Å². The van der Waals surface area contributed by atoms with Crippen LogP contribution in [-0.2, 0) is 4.57 Å². The van der Waals surface area contributed by atoms with Gasteiger partial charge in [-0.05, 0) is 0 Å². The van der Waals surface area contributed by atoms with E-state index in [0.29, 0.717) is 0 Å². The van der Waals surface area contributed by atoms with Gasteiger partial charge in [-0.15, -0.1) is 0 Å². The van der Waals surface area contributed by atoms with E-state index in [2.05, 4.69) is 5.73 Å². The second-order valence-corrected chi connectivity index (χ2v) is 1.55. The molecule has 0 radical (unpaired) electrons. The van der Waals surface area contributed by atoms with Crippen LogP contribution in [0.4, 0.5) is 4.79 Å². The van der Waals surface area contributed by atoms with E-state index >= 15 is 0 Å². The summed E-state index contributed by atoms with van der Waals surface area (Å²) in [5.74, 6) is 0. The number of hydrogen-bond acceptors (Lipinski definition) is 3. The van der Waals surface area contributed by atoms with Crippen molar-refractivity contribution in [2.45, 2.75) is 0 Å². The Morgan fingerprint density at radius 2 is 2.00 bits per heavy atom. The Bertz CT molecular complexity index is 76.8. The molecule has 0 saturated carbocycles. The molecule has 0 bridgehead atoms. The molecule has 1 amide bonds. The monoisotopic (exact) mass is 107 g/mol. The topological polar surface area (TPSA) is 83.2 Å². The van der Waals surface area contributed by atoms with Crippen LogP contribution in [0.25, 0.3) is 0 Å². The molecule has 0 rings (SSSR count). The van der Waals surface area contributed by atoms with Crippen LogP contribution >= 0.6 is 8.03 Å².